The lowest BCUT2D eigenvalue weighted by Gasteiger charge is -2.14. The first-order chi connectivity index (χ1) is 12.9. The Kier molecular flexibility index (Phi) is 4.95. The van der Waals surface area contributed by atoms with Crippen molar-refractivity contribution in [2.75, 3.05) is 31.3 Å². The summed E-state index contributed by atoms with van der Waals surface area (Å²) in [6.07, 6.45) is 0. The second kappa shape index (κ2) is 7.20. The van der Waals surface area contributed by atoms with E-state index in [9.17, 15) is 13.2 Å². The molecule has 27 heavy (non-hydrogen) atoms. The SMILES string of the molecule is CNc1c(NS(=O)(=O)c2ccc(OC)c(OC)c2)c(=O)oc2ccccc12. The highest BCUT2D eigenvalue weighted by atomic mass is 32.2. The van der Waals surface area contributed by atoms with Crippen molar-refractivity contribution in [2.45, 2.75) is 4.90 Å². The third kappa shape index (κ3) is 3.41. The summed E-state index contributed by atoms with van der Waals surface area (Å²) in [5.74, 6) is 0.636. The van der Waals surface area contributed by atoms with Gasteiger partial charge in [-0.05, 0) is 24.3 Å². The van der Waals surface area contributed by atoms with Gasteiger partial charge in [0.1, 0.15) is 5.58 Å². The predicted molar refractivity (Wildman–Crippen MR) is 102 cm³/mol. The van der Waals surface area contributed by atoms with Crippen LogP contribution in [-0.4, -0.2) is 29.7 Å². The molecule has 2 N–H and O–H groups in total. The van der Waals surface area contributed by atoms with Gasteiger partial charge in [0.05, 0.1) is 24.8 Å². The second-order valence-electron chi connectivity index (χ2n) is 5.51. The lowest BCUT2D eigenvalue weighted by molar-refractivity contribution is 0.354. The van der Waals surface area contributed by atoms with Gasteiger partial charge in [0.15, 0.2) is 17.2 Å². The molecule has 0 amide bonds. The molecule has 0 bridgehead atoms. The van der Waals surface area contributed by atoms with Crippen molar-refractivity contribution in [3.8, 4) is 11.5 Å². The largest absolute Gasteiger partial charge is 0.493 e. The highest BCUT2D eigenvalue weighted by Gasteiger charge is 2.22. The summed E-state index contributed by atoms with van der Waals surface area (Å²) in [7, 11) is 0.362. The first-order valence-electron chi connectivity index (χ1n) is 7.89. The first-order valence-corrected chi connectivity index (χ1v) is 9.38. The molecular weight excluding hydrogens is 372 g/mol. The number of para-hydroxylation sites is 1. The third-order valence-corrected chi connectivity index (χ3v) is 5.31. The summed E-state index contributed by atoms with van der Waals surface area (Å²) in [6, 6.07) is 11.0. The molecule has 0 aliphatic carbocycles. The van der Waals surface area contributed by atoms with E-state index in [4.69, 9.17) is 13.9 Å². The smallest absolute Gasteiger partial charge is 0.363 e. The van der Waals surface area contributed by atoms with Gasteiger partial charge < -0.3 is 19.2 Å². The van der Waals surface area contributed by atoms with Gasteiger partial charge in [0.2, 0.25) is 0 Å². The Labute approximate surface area is 155 Å². The van der Waals surface area contributed by atoms with Crippen LogP contribution in [-0.2, 0) is 10.0 Å². The Bertz CT molecular complexity index is 1150. The van der Waals surface area contributed by atoms with Crippen molar-refractivity contribution in [2.24, 2.45) is 0 Å². The second-order valence-corrected chi connectivity index (χ2v) is 7.19. The van der Waals surface area contributed by atoms with E-state index >= 15 is 0 Å². The van der Waals surface area contributed by atoms with E-state index in [1.807, 2.05) is 0 Å². The van der Waals surface area contributed by atoms with E-state index in [1.54, 1.807) is 31.3 Å². The van der Waals surface area contributed by atoms with Crippen LogP contribution in [0.2, 0.25) is 0 Å². The molecule has 8 nitrogen and oxygen atoms in total. The quantitative estimate of drug-likeness (QED) is 0.623. The summed E-state index contributed by atoms with van der Waals surface area (Å²) in [4.78, 5) is 12.3. The fourth-order valence-corrected chi connectivity index (χ4v) is 3.76. The molecular formula is C18H18N2O6S. The fourth-order valence-electron chi connectivity index (χ4n) is 2.68. The van der Waals surface area contributed by atoms with Gasteiger partial charge in [0, 0.05) is 18.5 Å². The summed E-state index contributed by atoms with van der Waals surface area (Å²) in [6.45, 7) is 0. The van der Waals surface area contributed by atoms with Crippen molar-refractivity contribution in [3.05, 3.63) is 52.9 Å². The van der Waals surface area contributed by atoms with Gasteiger partial charge in [-0.2, -0.15) is 0 Å². The molecule has 9 heteroatoms. The van der Waals surface area contributed by atoms with E-state index in [-0.39, 0.29) is 16.3 Å². The molecule has 0 aliphatic heterocycles. The van der Waals surface area contributed by atoms with Crippen LogP contribution in [0.5, 0.6) is 11.5 Å². The average Bonchev–Trinajstić information content (AvgIpc) is 2.67. The zero-order valence-electron chi connectivity index (χ0n) is 14.9. The van der Waals surface area contributed by atoms with Crippen molar-refractivity contribution >= 4 is 32.4 Å². The number of methoxy groups -OCH3 is 2. The van der Waals surface area contributed by atoms with Gasteiger partial charge in [-0.1, -0.05) is 12.1 Å². The number of rotatable bonds is 6. The number of hydrogen-bond donors (Lipinski definition) is 2. The molecule has 0 spiro atoms. The highest BCUT2D eigenvalue weighted by Crippen LogP contribution is 2.32. The first kappa shape index (κ1) is 18.6. The molecule has 0 saturated carbocycles. The minimum Gasteiger partial charge on any atom is -0.493 e. The van der Waals surface area contributed by atoms with Crippen LogP contribution >= 0.6 is 0 Å². The number of sulfonamides is 1. The normalized spacial score (nSPS) is 11.2. The van der Waals surface area contributed by atoms with Crippen LogP contribution in [0.1, 0.15) is 0 Å². The maximum absolute atomic E-state index is 12.8. The Morgan fingerprint density at radius 2 is 1.67 bits per heavy atom. The van der Waals surface area contributed by atoms with Crippen LogP contribution in [0.4, 0.5) is 11.4 Å². The van der Waals surface area contributed by atoms with E-state index in [0.717, 1.165) is 0 Å². The minimum absolute atomic E-state index is 0.0882. The lowest BCUT2D eigenvalue weighted by Crippen LogP contribution is -2.20. The molecule has 0 aliphatic rings. The van der Waals surface area contributed by atoms with Crippen LogP contribution in [0, 0.1) is 0 Å². The topological polar surface area (TPSA) is 107 Å². The van der Waals surface area contributed by atoms with Crippen molar-refractivity contribution in [1.29, 1.82) is 0 Å². The molecule has 0 atom stereocenters. The molecule has 0 unspecified atom stereocenters. The van der Waals surface area contributed by atoms with Crippen LogP contribution in [0.25, 0.3) is 11.0 Å². The third-order valence-electron chi connectivity index (χ3n) is 3.96. The number of hydrogen-bond acceptors (Lipinski definition) is 7. The lowest BCUT2D eigenvalue weighted by atomic mass is 10.2. The Balaban J connectivity index is 2.11. The Morgan fingerprint density at radius 3 is 2.33 bits per heavy atom. The van der Waals surface area contributed by atoms with Crippen molar-refractivity contribution in [1.82, 2.24) is 0 Å². The standard InChI is InChI=1S/C18H18N2O6S/c1-19-16-12-6-4-5-7-13(12)26-18(21)17(16)20-27(22,23)11-8-9-14(24-2)15(10-11)25-3/h4-10,19-20H,1-3H3. The number of nitrogens with one attached hydrogen (secondary N) is 2. The molecule has 0 radical (unpaired) electrons. The Morgan fingerprint density at radius 1 is 0.963 bits per heavy atom. The summed E-state index contributed by atoms with van der Waals surface area (Å²) in [5.41, 5.74) is -0.333. The molecule has 3 aromatic rings. The highest BCUT2D eigenvalue weighted by molar-refractivity contribution is 7.92. The molecule has 1 heterocycles. The Hall–Kier alpha value is -3.20. The molecule has 2 aromatic carbocycles. The molecule has 3 rings (SSSR count). The molecule has 0 saturated heterocycles. The zero-order valence-corrected chi connectivity index (χ0v) is 15.7. The van der Waals surface area contributed by atoms with E-state index < -0.39 is 15.6 Å². The monoisotopic (exact) mass is 390 g/mol. The van der Waals surface area contributed by atoms with Crippen LogP contribution in [0.3, 0.4) is 0 Å². The van der Waals surface area contributed by atoms with Crippen molar-refractivity contribution in [3.63, 3.8) is 0 Å². The summed E-state index contributed by atoms with van der Waals surface area (Å²) >= 11 is 0. The zero-order chi connectivity index (χ0) is 19.6. The van der Waals surface area contributed by atoms with Gasteiger partial charge in [-0.15, -0.1) is 0 Å². The molecule has 142 valence electrons. The molecule has 1 aromatic heterocycles. The number of fused-ring (bicyclic) bond motifs is 1. The van der Waals surface area contributed by atoms with Gasteiger partial charge in [0.25, 0.3) is 10.0 Å². The fraction of sp³-hybridized carbons (Fsp3) is 0.167. The van der Waals surface area contributed by atoms with Crippen molar-refractivity contribution < 1.29 is 22.3 Å². The van der Waals surface area contributed by atoms with Gasteiger partial charge >= 0.3 is 5.63 Å². The minimum atomic E-state index is -4.08. The number of anilines is 2. The number of benzene rings is 2. The van der Waals surface area contributed by atoms with Gasteiger partial charge in [-0.25, -0.2) is 13.2 Å². The summed E-state index contributed by atoms with van der Waals surface area (Å²) < 4.78 is 43.4. The average molecular weight is 390 g/mol. The maximum atomic E-state index is 12.8. The maximum Gasteiger partial charge on any atom is 0.363 e. The van der Waals surface area contributed by atoms with Crippen LogP contribution in [0.15, 0.2) is 56.6 Å². The van der Waals surface area contributed by atoms with Gasteiger partial charge in [-0.3, -0.25) is 4.72 Å². The van der Waals surface area contributed by atoms with E-state index in [2.05, 4.69) is 10.0 Å². The van der Waals surface area contributed by atoms with E-state index in [0.29, 0.717) is 22.4 Å². The number of ether oxygens (including phenoxy) is 2. The summed E-state index contributed by atoms with van der Waals surface area (Å²) in [5, 5.41) is 3.44. The predicted octanol–water partition coefficient (Wildman–Crippen LogP) is 2.65. The van der Waals surface area contributed by atoms with E-state index in [1.165, 1.54) is 32.4 Å². The molecule has 0 fully saturated rings. The van der Waals surface area contributed by atoms with Crippen LogP contribution < -0.4 is 25.1 Å².